The first-order valence-corrected chi connectivity index (χ1v) is 10.4. The lowest BCUT2D eigenvalue weighted by Crippen LogP contribution is -2.28. The summed E-state index contributed by atoms with van der Waals surface area (Å²) in [6.45, 7) is 11.7. The Morgan fingerprint density at radius 2 is 2.08 bits per heavy atom. The van der Waals surface area contributed by atoms with E-state index in [1.54, 1.807) is 11.0 Å². The quantitative estimate of drug-likeness (QED) is 0.307. The number of nitrogens with zero attached hydrogens (tertiary/aromatic N) is 2. The van der Waals surface area contributed by atoms with Gasteiger partial charge in [-0.15, -0.1) is 0 Å². The molecular formula is C19H23IN2O3S. The predicted octanol–water partition coefficient (Wildman–Crippen LogP) is 4.57. The Balaban J connectivity index is 2.39. The summed E-state index contributed by atoms with van der Waals surface area (Å²) in [4.78, 5) is 19.4. The van der Waals surface area contributed by atoms with Crippen LogP contribution < -0.4 is 9.47 Å². The second-order valence-electron chi connectivity index (χ2n) is 5.28. The number of carbonyl (C=O) groups is 1. The van der Waals surface area contributed by atoms with Gasteiger partial charge in [0.05, 0.1) is 15.1 Å². The monoisotopic (exact) mass is 486 g/mol. The molecule has 26 heavy (non-hydrogen) atoms. The van der Waals surface area contributed by atoms with Crippen molar-refractivity contribution in [3.8, 4) is 11.5 Å². The van der Waals surface area contributed by atoms with E-state index < -0.39 is 0 Å². The number of hydrogen-bond acceptors (Lipinski definition) is 5. The van der Waals surface area contributed by atoms with Gasteiger partial charge in [0.25, 0.3) is 5.91 Å². The Labute approximate surface area is 172 Å². The lowest BCUT2D eigenvalue weighted by atomic mass is 10.2. The van der Waals surface area contributed by atoms with Crippen LogP contribution >= 0.6 is 34.4 Å². The number of thioether (sulfide) groups is 1. The van der Waals surface area contributed by atoms with Crippen molar-refractivity contribution in [3.63, 3.8) is 0 Å². The van der Waals surface area contributed by atoms with Crippen LogP contribution in [0.15, 0.2) is 34.7 Å². The number of halogens is 1. The van der Waals surface area contributed by atoms with Crippen LogP contribution in [-0.2, 0) is 4.79 Å². The molecule has 1 saturated heterocycles. The van der Waals surface area contributed by atoms with Crippen LogP contribution in [0, 0.1) is 3.57 Å². The summed E-state index contributed by atoms with van der Waals surface area (Å²) in [6, 6.07) is 3.88. The van der Waals surface area contributed by atoms with Crippen molar-refractivity contribution in [2.24, 2.45) is 4.99 Å². The van der Waals surface area contributed by atoms with E-state index in [1.165, 1.54) is 11.8 Å². The van der Waals surface area contributed by atoms with Crippen LogP contribution in [0.2, 0.25) is 0 Å². The van der Waals surface area contributed by atoms with Crippen molar-refractivity contribution >= 4 is 51.5 Å². The number of rotatable bonds is 8. The lowest BCUT2D eigenvalue weighted by molar-refractivity contribution is -0.122. The fourth-order valence-corrected chi connectivity index (χ4v) is 4.29. The molecular weight excluding hydrogens is 463 g/mol. The Morgan fingerprint density at radius 3 is 2.69 bits per heavy atom. The second-order valence-corrected chi connectivity index (χ2v) is 7.45. The topological polar surface area (TPSA) is 51.1 Å². The molecule has 0 aromatic heterocycles. The van der Waals surface area contributed by atoms with E-state index in [9.17, 15) is 4.79 Å². The molecule has 1 heterocycles. The molecule has 1 aliphatic rings. The average Bonchev–Trinajstić information content (AvgIpc) is 2.89. The van der Waals surface area contributed by atoms with Gasteiger partial charge in [0.15, 0.2) is 16.7 Å². The van der Waals surface area contributed by atoms with Crippen molar-refractivity contribution in [1.29, 1.82) is 0 Å². The summed E-state index contributed by atoms with van der Waals surface area (Å²) in [5.74, 6) is 1.35. The van der Waals surface area contributed by atoms with Crippen LogP contribution in [0.1, 0.15) is 26.3 Å². The van der Waals surface area contributed by atoms with Gasteiger partial charge in [-0.05, 0) is 78.9 Å². The molecule has 140 valence electrons. The number of ether oxygens (including phenoxy) is 2. The van der Waals surface area contributed by atoms with Crippen LogP contribution in [0.4, 0.5) is 0 Å². The third-order valence-electron chi connectivity index (χ3n) is 3.47. The molecule has 1 fully saturated rings. The first-order valence-electron chi connectivity index (χ1n) is 8.51. The Kier molecular flexibility index (Phi) is 8.02. The van der Waals surface area contributed by atoms with E-state index in [1.807, 2.05) is 39.0 Å². The van der Waals surface area contributed by atoms with Crippen molar-refractivity contribution in [3.05, 3.63) is 38.8 Å². The van der Waals surface area contributed by atoms with Crippen LogP contribution in [0.25, 0.3) is 6.08 Å². The molecule has 0 atom stereocenters. The number of carbonyl (C=O) groups excluding carboxylic acids is 1. The van der Waals surface area contributed by atoms with E-state index >= 15 is 0 Å². The predicted molar refractivity (Wildman–Crippen MR) is 117 cm³/mol. The fourth-order valence-electron chi connectivity index (χ4n) is 2.41. The third kappa shape index (κ3) is 4.82. The normalized spacial score (nSPS) is 17.2. The highest BCUT2D eigenvalue weighted by Gasteiger charge is 2.31. The summed E-state index contributed by atoms with van der Waals surface area (Å²) in [5, 5.41) is 0.761. The van der Waals surface area contributed by atoms with E-state index in [2.05, 4.69) is 34.2 Å². The summed E-state index contributed by atoms with van der Waals surface area (Å²) in [6.07, 6.45) is 3.58. The molecule has 1 aromatic rings. The van der Waals surface area contributed by atoms with E-state index in [4.69, 9.17) is 9.47 Å². The Bertz CT molecular complexity index is 747. The average molecular weight is 486 g/mol. The molecule has 7 heteroatoms. The Hall–Kier alpha value is -1.48. The Morgan fingerprint density at radius 1 is 1.31 bits per heavy atom. The molecule has 0 radical (unpaired) electrons. The van der Waals surface area contributed by atoms with Gasteiger partial charge in [0, 0.05) is 13.1 Å². The maximum Gasteiger partial charge on any atom is 0.266 e. The van der Waals surface area contributed by atoms with E-state index in [0.29, 0.717) is 42.7 Å². The standard InChI is InChI=1S/C19H23IN2O3S/c1-5-9-25-17-14(20)10-13(11-15(17)24-8-4)12-16-18(23)22(7-3)19(26-16)21-6-2/h5,10-12H,1,6-9H2,2-4H3/b16-12+,21-19?. The summed E-state index contributed by atoms with van der Waals surface area (Å²) in [7, 11) is 0. The van der Waals surface area contributed by atoms with Crippen molar-refractivity contribution in [2.75, 3.05) is 26.3 Å². The minimum atomic E-state index is -0.00958. The summed E-state index contributed by atoms with van der Waals surface area (Å²) in [5.41, 5.74) is 0.897. The summed E-state index contributed by atoms with van der Waals surface area (Å²) >= 11 is 3.63. The highest BCUT2D eigenvalue weighted by molar-refractivity contribution is 14.1. The molecule has 0 spiro atoms. The maximum atomic E-state index is 12.6. The molecule has 0 bridgehead atoms. The van der Waals surface area contributed by atoms with Gasteiger partial charge in [0.1, 0.15) is 6.61 Å². The number of likely N-dealkylation sites (N-methyl/N-ethyl adjacent to an activating group) is 1. The highest BCUT2D eigenvalue weighted by Crippen LogP contribution is 2.37. The smallest absolute Gasteiger partial charge is 0.266 e. The molecule has 0 saturated carbocycles. The summed E-state index contributed by atoms with van der Waals surface area (Å²) < 4.78 is 12.4. The van der Waals surface area contributed by atoms with Crippen molar-refractivity contribution in [2.45, 2.75) is 20.8 Å². The van der Waals surface area contributed by atoms with Gasteiger partial charge in [0.2, 0.25) is 0 Å². The molecule has 1 aromatic carbocycles. The van der Waals surface area contributed by atoms with Crippen LogP contribution in [0.3, 0.4) is 0 Å². The SMILES string of the molecule is C=CCOc1c(I)cc(/C=C2/SC(=NCC)N(CC)C2=O)cc1OCC. The molecule has 1 amide bonds. The zero-order valence-corrected chi connectivity index (χ0v) is 18.2. The molecule has 5 nitrogen and oxygen atoms in total. The van der Waals surface area contributed by atoms with Gasteiger partial charge in [-0.1, -0.05) is 12.7 Å². The van der Waals surface area contributed by atoms with Crippen LogP contribution in [0.5, 0.6) is 11.5 Å². The first kappa shape index (κ1) is 20.8. The van der Waals surface area contributed by atoms with Gasteiger partial charge in [-0.3, -0.25) is 14.7 Å². The van der Waals surface area contributed by atoms with Crippen molar-refractivity contribution in [1.82, 2.24) is 4.90 Å². The minimum absolute atomic E-state index is 0.00958. The van der Waals surface area contributed by atoms with Crippen LogP contribution in [-0.4, -0.2) is 42.3 Å². The van der Waals surface area contributed by atoms with Gasteiger partial charge in [-0.2, -0.15) is 0 Å². The van der Waals surface area contributed by atoms with E-state index in [-0.39, 0.29) is 5.91 Å². The molecule has 1 aliphatic heterocycles. The zero-order chi connectivity index (χ0) is 19.1. The van der Waals surface area contributed by atoms with E-state index in [0.717, 1.165) is 14.3 Å². The third-order valence-corrected chi connectivity index (χ3v) is 5.32. The number of hydrogen-bond donors (Lipinski definition) is 0. The maximum absolute atomic E-state index is 12.6. The minimum Gasteiger partial charge on any atom is -0.490 e. The van der Waals surface area contributed by atoms with Gasteiger partial charge < -0.3 is 9.47 Å². The lowest BCUT2D eigenvalue weighted by Gasteiger charge is -2.14. The number of amides is 1. The number of aliphatic imine (C=N–C) groups is 1. The molecule has 2 rings (SSSR count). The van der Waals surface area contributed by atoms with Gasteiger partial charge in [-0.25, -0.2) is 0 Å². The second kappa shape index (κ2) is 10.0. The van der Waals surface area contributed by atoms with Gasteiger partial charge >= 0.3 is 0 Å². The van der Waals surface area contributed by atoms with Crippen molar-refractivity contribution < 1.29 is 14.3 Å². The fraction of sp³-hybridized carbons (Fsp3) is 0.368. The number of benzene rings is 1. The molecule has 0 N–H and O–H groups in total. The first-order chi connectivity index (χ1) is 12.5. The highest BCUT2D eigenvalue weighted by atomic mass is 127. The molecule has 0 unspecified atom stereocenters. The molecule has 0 aliphatic carbocycles. The largest absolute Gasteiger partial charge is 0.490 e. The number of amidine groups is 1. The zero-order valence-electron chi connectivity index (χ0n) is 15.3.